The minimum Gasteiger partial charge on any atom is -0.478 e. The molecule has 0 unspecified atom stereocenters. The van der Waals surface area contributed by atoms with Crippen molar-refractivity contribution in [1.29, 1.82) is 0 Å². The van der Waals surface area contributed by atoms with Crippen LogP contribution in [0.4, 0.5) is 5.69 Å². The van der Waals surface area contributed by atoms with E-state index in [4.69, 9.17) is 10.8 Å². The second kappa shape index (κ2) is 4.17. The Morgan fingerprint density at radius 2 is 2.00 bits per heavy atom. The second-order valence-electron chi connectivity index (χ2n) is 4.35. The lowest BCUT2D eigenvalue weighted by molar-refractivity contribution is 0.0698. The van der Waals surface area contributed by atoms with E-state index in [9.17, 15) is 4.79 Å². The van der Waals surface area contributed by atoms with Crippen LogP contribution < -0.4 is 5.73 Å². The van der Waals surface area contributed by atoms with E-state index in [0.29, 0.717) is 0 Å². The first-order chi connectivity index (χ1) is 9.16. The van der Waals surface area contributed by atoms with Crippen molar-refractivity contribution in [3.63, 3.8) is 0 Å². The molecule has 0 radical (unpaired) electrons. The SMILES string of the molecule is Nc1cc(-c2cccc3[nH]ccc23)ccc1C(=O)O. The van der Waals surface area contributed by atoms with Crippen LogP contribution in [0.1, 0.15) is 10.4 Å². The van der Waals surface area contributed by atoms with E-state index < -0.39 is 5.97 Å². The zero-order valence-electron chi connectivity index (χ0n) is 10.1. The number of aromatic nitrogens is 1. The summed E-state index contributed by atoms with van der Waals surface area (Å²) in [5.41, 5.74) is 9.18. The Balaban J connectivity index is 2.19. The predicted octanol–water partition coefficient (Wildman–Crippen LogP) is 3.12. The van der Waals surface area contributed by atoms with Gasteiger partial charge in [0.1, 0.15) is 0 Å². The first-order valence-corrected chi connectivity index (χ1v) is 5.86. The molecule has 0 atom stereocenters. The van der Waals surface area contributed by atoms with E-state index in [2.05, 4.69) is 4.98 Å². The summed E-state index contributed by atoms with van der Waals surface area (Å²) in [7, 11) is 0. The molecule has 2 aromatic carbocycles. The molecule has 4 heteroatoms. The monoisotopic (exact) mass is 252 g/mol. The number of hydrogen-bond acceptors (Lipinski definition) is 2. The van der Waals surface area contributed by atoms with Gasteiger partial charge in [-0.2, -0.15) is 0 Å². The van der Waals surface area contributed by atoms with E-state index in [1.165, 1.54) is 0 Å². The van der Waals surface area contributed by atoms with Gasteiger partial charge in [-0.15, -0.1) is 0 Å². The number of benzene rings is 2. The summed E-state index contributed by atoms with van der Waals surface area (Å²) < 4.78 is 0. The lowest BCUT2D eigenvalue weighted by Crippen LogP contribution is -2.02. The van der Waals surface area contributed by atoms with Gasteiger partial charge >= 0.3 is 5.97 Å². The third-order valence-electron chi connectivity index (χ3n) is 3.19. The van der Waals surface area contributed by atoms with Crippen LogP contribution in [-0.4, -0.2) is 16.1 Å². The van der Waals surface area contributed by atoms with Gasteiger partial charge < -0.3 is 15.8 Å². The predicted molar refractivity (Wildman–Crippen MR) is 75.1 cm³/mol. The fourth-order valence-electron chi connectivity index (χ4n) is 2.26. The number of carbonyl (C=O) groups is 1. The normalized spacial score (nSPS) is 10.7. The molecule has 0 saturated heterocycles. The molecule has 0 bridgehead atoms. The summed E-state index contributed by atoms with van der Waals surface area (Å²) in [6.45, 7) is 0. The standard InChI is InChI=1S/C15H12N2O2/c16-13-8-9(4-5-12(13)15(18)19)10-2-1-3-14-11(10)6-7-17-14/h1-8,17H,16H2,(H,18,19). The van der Waals surface area contributed by atoms with E-state index in [0.717, 1.165) is 22.0 Å². The molecule has 4 nitrogen and oxygen atoms in total. The van der Waals surface area contributed by atoms with Crippen molar-refractivity contribution >= 4 is 22.6 Å². The molecule has 0 aliphatic carbocycles. The second-order valence-corrected chi connectivity index (χ2v) is 4.35. The number of rotatable bonds is 2. The molecule has 3 rings (SSSR count). The van der Waals surface area contributed by atoms with E-state index in [1.54, 1.807) is 18.2 Å². The smallest absolute Gasteiger partial charge is 0.337 e. The van der Waals surface area contributed by atoms with Crippen LogP contribution in [0, 0.1) is 0 Å². The maximum Gasteiger partial charge on any atom is 0.337 e. The van der Waals surface area contributed by atoms with Crippen LogP contribution in [-0.2, 0) is 0 Å². The number of H-pyrrole nitrogens is 1. The van der Waals surface area contributed by atoms with Gasteiger partial charge in [-0.25, -0.2) is 4.79 Å². The highest BCUT2D eigenvalue weighted by Gasteiger charge is 2.10. The van der Waals surface area contributed by atoms with Gasteiger partial charge in [-0.3, -0.25) is 0 Å². The first kappa shape index (κ1) is 11.3. The highest BCUT2D eigenvalue weighted by atomic mass is 16.4. The summed E-state index contributed by atoms with van der Waals surface area (Å²) in [4.78, 5) is 14.1. The molecule has 94 valence electrons. The Hall–Kier alpha value is -2.75. The zero-order valence-corrected chi connectivity index (χ0v) is 10.1. The minimum absolute atomic E-state index is 0.130. The fourth-order valence-corrected chi connectivity index (χ4v) is 2.26. The summed E-state index contributed by atoms with van der Waals surface area (Å²) in [6, 6.07) is 13.0. The van der Waals surface area contributed by atoms with Gasteiger partial charge in [0.15, 0.2) is 0 Å². The Kier molecular flexibility index (Phi) is 2.49. The van der Waals surface area contributed by atoms with Crippen molar-refractivity contribution in [2.75, 3.05) is 5.73 Å². The van der Waals surface area contributed by atoms with Crippen LogP contribution in [0.3, 0.4) is 0 Å². The van der Waals surface area contributed by atoms with Crippen LogP contribution in [0.25, 0.3) is 22.0 Å². The molecule has 0 saturated carbocycles. The van der Waals surface area contributed by atoms with Gasteiger partial charge in [0, 0.05) is 22.8 Å². The van der Waals surface area contributed by atoms with Crippen molar-refractivity contribution in [3.05, 3.63) is 54.2 Å². The molecular formula is C15H12N2O2. The van der Waals surface area contributed by atoms with Crippen molar-refractivity contribution in [1.82, 2.24) is 4.98 Å². The summed E-state index contributed by atoms with van der Waals surface area (Å²) in [6.07, 6.45) is 1.88. The Bertz CT molecular complexity index is 775. The number of fused-ring (bicyclic) bond motifs is 1. The van der Waals surface area contributed by atoms with Gasteiger partial charge in [-0.05, 0) is 35.4 Å². The van der Waals surface area contributed by atoms with Gasteiger partial charge in [-0.1, -0.05) is 18.2 Å². The molecule has 1 heterocycles. The summed E-state index contributed by atoms with van der Waals surface area (Å²) in [5, 5.41) is 10.1. The average molecular weight is 252 g/mol. The van der Waals surface area contributed by atoms with Crippen molar-refractivity contribution in [2.45, 2.75) is 0 Å². The van der Waals surface area contributed by atoms with Crippen LogP contribution in [0.2, 0.25) is 0 Å². The lowest BCUT2D eigenvalue weighted by Gasteiger charge is -2.07. The van der Waals surface area contributed by atoms with Crippen molar-refractivity contribution < 1.29 is 9.90 Å². The molecule has 0 spiro atoms. The highest BCUT2D eigenvalue weighted by molar-refractivity contribution is 5.98. The molecule has 4 N–H and O–H groups in total. The third-order valence-corrected chi connectivity index (χ3v) is 3.19. The van der Waals surface area contributed by atoms with E-state index in [1.807, 2.05) is 30.5 Å². The number of aromatic carboxylic acids is 1. The van der Waals surface area contributed by atoms with Gasteiger partial charge in [0.25, 0.3) is 0 Å². The maximum atomic E-state index is 11.0. The number of nitrogens with two attached hydrogens (primary N) is 1. The number of hydrogen-bond donors (Lipinski definition) is 3. The van der Waals surface area contributed by atoms with Gasteiger partial charge in [0.05, 0.1) is 5.56 Å². The Labute approximate surface area is 109 Å². The van der Waals surface area contributed by atoms with Crippen LogP contribution in [0.15, 0.2) is 48.7 Å². The molecule has 1 aromatic heterocycles. The Morgan fingerprint density at radius 3 is 2.74 bits per heavy atom. The molecule has 0 fully saturated rings. The third kappa shape index (κ3) is 1.83. The van der Waals surface area contributed by atoms with Crippen LogP contribution in [0.5, 0.6) is 0 Å². The minimum atomic E-state index is -1.01. The molecule has 3 aromatic rings. The van der Waals surface area contributed by atoms with Gasteiger partial charge in [0.2, 0.25) is 0 Å². The number of nitrogen functional groups attached to an aromatic ring is 1. The summed E-state index contributed by atoms with van der Waals surface area (Å²) in [5.74, 6) is -1.01. The fraction of sp³-hybridized carbons (Fsp3) is 0. The number of carboxylic acids is 1. The van der Waals surface area contributed by atoms with Crippen molar-refractivity contribution in [3.8, 4) is 11.1 Å². The quantitative estimate of drug-likeness (QED) is 0.613. The first-order valence-electron chi connectivity index (χ1n) is 5.86. The zero-order chi connectivity index (χ0) is 13.4. The number of carboxylic acid groups (broad SMARTS) is 1. The largest absolute Gasteiger partial charge is 0.478 e. The number of anilines is 1. The van der Waals surface area contributed by atoms with E-state index in [-0.39, 0.29) is 11.3 Å². The van der Waals surface area contributed by atoms with Crippen LogP contribution >= 0.6 is 0 Å². The lowest BCUT2D eigenvalue weighted by atomic mass is 9.99. The molecule has 19 heavy (non-hydrogen) atoms. The average Bonchev–Trinajstić information content (AvgIpc) is 2.86. The number of nitrogens with one attached hydrogen (secondary N) is 1. The van der Waals surface area contributed by atoms with E-state index >= 15 is 0 Å². The Morgan fingerprint density at radius 1 is 1.16 bits per heavy atom. The molecule has 0 aliphatic heterocycles. The molecular weight excluding hydrogens is 240 g/mol. The maximum absolute atomic E-state index is 11.0. The highest BCUT2D eigenvalue weighted by Crippen LogP contribution is 2.30. The molecule has 0 aliphatic rings. The molecule has 0 amide bonds. The van der Waals surface area contributed by atoms with Crippen molar-refractivity contribution in [2.24, 2.45) is 0 Å². The topological polar surface area (TPSA) is 79.1 Å². The summed E-state index contributed by atoms with van der Waals surface area (Å²) >= 11 is 0. The number of aromatic amines is 1.